The number of nitrogen functional groups attached to an aromatic ring is 1. The smallest absolute Gasteiger partial charge is 0.145 e. The Kier molecular flexibility index (Phi) is 3.54. The van der Waals surface area contributed by atoms with Crippen LogP contribution >= 0.6 is 15.9 Å². The molecule has 18 heavy (non-hydrogen) atoms. The Hall–Kier alpha value is -1.99. The first kappa shape index (κ1) is 12.5. The van der Waals surface area contributed by atoms with Crippen LogP contribution in [0.15, 0.2) is 40.9 Å². The lowest BCUT2D eigenvalue weighted by atomic mass is 10.1. The number of nitrogens with two attached hydrogens (primary N) is 1. The number of hydrogen-bond donors (Lipinski definition) is 1. The maximum Gasteiger partial charge on any atom is 0.145 e. The molecule has 2 rings (SSSR count). The van der Waals surface area contributed by atoms with Crippen molar-refractivity contribution in [3.05, 3.63) is 52.0 Å². The van der Waals surface area contributed by atoms with Gasteiger partial charge >= 0.3 is 0 Å². The van der Waals surface area contributed by atoms with E-state index < -0.39 is 0 Å². The fourth-order valence-corrected chi connectivity index (χ4v) is 1.88. The van der Waals surface area contributed by atoms with Crippen LogP contribution in [0.1, 0.15) is 11.1 Å². The molecule has 0 fully saturated rings. The van der Waals surface area contributed by atoms with Crippen molar-refractivity contribution >= 4 is 21.6 Å². The van der Waals surface area contributed by atoms with Crippen LogP contribution in [0, 0.1) is 18.3 Å². The van der Waals surface area contributed by atoms with Crippen LogP contribution in [0.2, 0.25) is 0 Å². The SMILES string of the molecule is Cc1ccc(C#N)c(Oc2cccc(N)c2Br)c1. The van der Waals surface area contributed by atoms with Gasteiger partial charge in [-0.05, 0) is 52.7 Å². The predicted octanol–water partition coefficient (Wildman–Crippen LogP) is 4.00. The average molecular weight is 303 g/mol. The summed E-state index contributed by atoms with van der Waals surface area (Å²) in [6.07, 6.45) is 0. The minimum atomic E-state index is 0.495. The Labute approximate surface area is 114 Å². The van der Waals surface area contributed by atoms with Crippen LogP contribution in [0.5, 0.6) is 11.5 Å². The summed E-state index contributed by atoms with van der Waals surface area (Å²) in [4.78, 5) is 0. The molecular formula is C14H11BrN2O. The molecule has 0 spiro atoms. The van der Waals surface area contributed by atoms with Crippen LogP contribution in [-0.4, -0.2) is 0 Å². The highest BCUT2D eigenvalue weighted by atomic mass is 79.9. The molecule has 4 heteroatoms. The summed E-state index contributed by atoms with van der Waals surface area (Å²) in [7, 11) is 0. The van der Waals surface area contributed by atoms with Crippen LogP contribution in [-0.2, 0) is 0 Å². The fourth-order valence-electron chi connectivity index (χ4n) is 1.53. The molecule has 0 heterocycles. The van der Waals surface area contributed by atoms with Gasteiger partial charge in [0.25, 0.3) is 0 Å². The van der Waals surface area contributed by atoms with Gasteiger partial charge in [0.1, 0.15) is 17.6 Å². The van der Waals surface area contributed by atoms with Gasteiger partial charge in [0, 0.05) is 5.69 Å². The molecule has 3 nitrogen and oxygen atoms in total. The van der Waals surface area contributed by atoms with E-state index in [1.54, 1.807) is 24.3 Å². The largest absolute Gasteiger partial charge is 0.455 e. The first-order valence-corrected chi connectivity index (χ1v) is 6.13. The molecule has 0 atom stereocenters. The number of nitrogens with zero attached hydrogens (tertiary/aromatic N) is 1. The van der Waals surface area contributed by atoms with E-state index in [1.807, 2.05) is 19.1 Å². The van der Waals surface area contributed by atoms with Gasteiger partial charge in [-0.25, -0.2) is 0 Å². The van der Waals surface area contributed by atoms with Crippen molar-refractivity contribution in [3.8, 4) is 17.6 Å². The number of hydrogen-bond acceptors (Lipinski definition) is 3. The summed E-state index contributed by atoms with van der Waals surface area (Å²) in [5.41, 5.74) is 7.91. The van der Waals surface area contributed by atoms with Gasteiger partial charge < -0.3 is 10.5 Å². The van der Waals surface area contributed by atoms with E-state index in [-0.39, 0.29) is 0 Å². The third-order valence-corrected chi connectivity index (χ3v) is 3.32. The van der Waals surface area contributed by atoms with Crippen molar-refractivity contribution in [3.63, 3.8) is 0 Å². The highest BCUT2D eigenvalue weighted by molar-refractivity contribution is 9.10. The molecule has 0 saturated heterocycles. The van der Waals surface area contributed by atoms with Crippen molar-refractivity contribution in [2.45, 2.75) is 6.92 Å². The Balaban J connectivity index is 2.43. The Morgan fingerprint density at radius 3 is 2.72 bits per heavy atom. The van der Waals surface area contributed by atoms with Gasteiger partial charge in [-0.2, -0.15) is 5.26 Å². The van der Waals surface area contributed by atoms with E-state index in [0.29, 0.717) is 27.2 Å². The lowest BCUT2D eigenvalue weighted by Crippen LogP contribution is -1.93. The summed E-state index contributed by atoms with van der Waals surface area (Å²) in [5.74, 6) is 1.13. The quantitative estimate of drug-likeness (QED) is 0.853. The maximum absolute atomic E-state index is 9.04. The predicted molar refractivity (Wildman–Crippen MR) is 74.5 cm³/mol. The molecule has 0 saturated carbocycles. The number of nitriles is 1. The second-order valence-corrected chi connectivity index (χ2v) is 4.67. The molecule has 0 aliphatic rings. The van der Waals surface area contributed by atoms with Crippen molar-refractivity contribution in [1.29, 1.82) is 5.26 Å². The van der Waals surface area contributed by atoms with Crippen LogP contribution in [0.25, 0.3) is 0 Å². The highest BCUT2D eigenvalue weighted by Crippen LogP contribution is 2.35. The molecule has 0 amide bonds. The zero-order valence-electron chi connectivity index (χ0n) is 9.77. The second-order valence-electron chi connectivity index (χ2n) is 3.87. The Morgan fingerprint density at radius 2 is 2.00 bits per heavy atom. The van der Waals surface area contributed by atoms with Gasteiger partial charge in [-0.3, -0.25) is 0 Å². The summed E-state index contributed by atoms with van der Waals surface area (Å²) in [6.45, 7) is 1.95. The molecule has 0 aromatic heterocycles. The summed E-state index contributed by atoms with van der Waals surface area (Å²) in [6, 6.07) is 12.9. The van der Waals surface area contributed by atoms with E-state index in [9.17, 15) is 0 Å². The van der Waals surface area contributed by atoms with Crippen molar-refractivity contribution < 1.29 is 4.74 Å². The molecular weight excluding hydrogens is 292 g/mol. The number of rotatable bonds is 2. The number of aryl methyl sites for hydroxylation is 1. The maximum atomic E-state index is 9.04. The third kappa shape index (κ3) is 2.47. The normalized spacial score (nSPS) is 9.83. The number of ether oxygens (including phenoxy) is 1. The van der Waals surface area contributed by atoms with Gasteiger partial charge in [0.15, 0.2) is 0 Å². The standard InChI is InChI=1S/C14H11BrN2O/c1-9-5-6-10(8-16)13(7-9)18-12-4-2-3-11(17)14(12)15/h2-7H,17H2,1H3. The average Bonchev–Trinajstić information content (AvgIpc) is 2.35. The molecule has 2 N–H and O–H groups in total. The molecule has 0 unspecified atom stereocenters. The topological polar surface area (TPSA) is 59.0 Å². The lowest BCUT2D eigenvalue weighted by Gasteiger charge is -2.11. The number of halogens is 1. The van der Waals surface area contributed by atoms with Gasteiger partial charge in [0.05, 0.1) is 10.0 Å². The van der Waals surface area contributed by atoms with E-state index in [2.05, 4.69) is 22.0 Å². The van der Waals surface area contributed by atoms with Crippen LogP contribution < -0.4 is 10.5 Å². The minimum absolute atomic E-state index is 0.495. The fraction of sp³-hybridized carbons (Fsp3) is 0.0714. The van der Waals surface area contributed by atoms with E-state index >= 15 is 0 Å². The molecule has 0 aliphatic carbocycles. The van der Waals surface area contributed by atoms with Gasteiger partial charge in [0.2, 0.25) is 0 Å². The van der Waals surface area contributed by atoms with Gasteiger partial charge in [-0.1, -0.05) is 12.1 Å². The second kappa shape index (κ2) is 5.11. The first-order chi connectivity index (χ1) is 8.61. The zero-order chi connectivity index (χ0) is 13.1. The van der Waals surface area contributed by atoms with E-state index in [1.165, 1.54) is 0 Å². The van der Waals surface area contributed by atoms with Crippen molar-refractivity contribution in [2.75, 3.05) is 5.73 Å². The Morgan fingerprint density at radius 1 is 1.22 bits per heavy atom. The van der Waals surface area contributed by atoms with E-state index in [4.69, 9.17) is 15.7 Å². The first-order valence-electron chi connectivity index (χ1n) is 5.34. The van der Waals surface area contributed by atoms with Crippen LogP contribution in [0.4, 0.5) is 5.69 Å². The third-order valence-electron chi connectivity index (χ3n) is 2.47. The monoisotopic (exact) mass is 302 g/mol. The molecule has 0 bridgehead atoms. The van der Waals surface area contributed by atoms with Crippen LogP contribution in [0.3, 0.4) is 0 Å². The summed E-state index contributed by atoms with van der Waals surface area (Å²) >= 11 is 3.37. The van der Waals surface area contributed by atoms with Gasteiger partial charge in [-0.15, -0.1) is 0 Å². The molecule has 0 radical (unpaired) electrons. The summed E-state index contributed by atoms with van der Waals surface area (Å²) < 4.78 is 6.43. The Bertz CT molecular complexity index is 632. The molecule has 2 aromatic rings. The summed E-state index contributed by atoms with van der Waals surface area (Å²) in [5, 5.41) is 9.04. The van der Waals surface area contributed by atoms with Crippen molar-refractivity contribution in [2.24, 2.45) is 0 Å². The molecule has 0 aliphatic heterocycles. The minimum Gasteiger partial charge on any atom is -0.455 e. The highest BCUT2D eigenvalue weighted by Gasteiger charge is 2.09. The zero-order valence-corrected chi connectivity index (χ0v) is 11.4. The number of anilines is 1. The number of benzene rings is 2. The molecule has 90 valence electrons. The van der Waals surface area contributed by atoms with Crippen molar-refractivity contribution in [1.82, 2.24) is 0 Å². The van der Waals surface area contributed by atoms with E-state index in [0.717, 1.165) is 5.56 Å². The molecule has 2 aromatic carbocycles. The lowest BCUT2D eigenvalue weighted by molar-refractivity contribution is 0.478.